The molecule has 0 aromatic heterocycles. The van der Waals surface area contributed by atoms with Crippen LogP contribution in [0.5, 0.6) is 5.75 Å². The molecule has 3 nitrogen and oxygen atoms in total. The Morgan fingerprint density at radius 2 is 2.00 bits per heavy atom. The molecule has 114 valence electrons. The first-order chi connectivity index (χ1) is 10.1. The van der Waals surface area contributed by atoms with E-state index in [1.807, 2.05) is 24.1 Å². The average molecular weight is 287 g/mol. The summed E-state index contributed by atoms with van der Waals surface area (Å²) in [5.41, 5.74) is 2.47. The minimum Gasteiger partial charge on any atom is -0.486 e. The van der Waals surface area contributed by atoms with Crippen molar-refractivity contribution in [3.63, 3.8) is 0 Å². The van der Waals surface area contributed by atoms with Crippen molar-refractivity contribution in [3.05, 3.63) is 53.8 Å². The van der Waals surface area contributed by atoms with Gasteiger partial charge in [-0.25, -0.2) is 0 Å². The Kier molecular flexibility index (Phi) is 5.45. The van der Waals surface area contributed by atoms with E-state index in [9.17, 15) is 0 Å². The average Bonchev–Trinajstić information content (AvgIpc) is 2.49. The second-order valence-electron chi connectivity index (χ2n) is 5.75. The number of benzene rings is 1. The van der Waals surface area contributed by atoms with Crippen molar-refractivity contribution in [2.24, 2.45) is 0 Å². The Morgan fingerprint density at radius 3 is 2.52 bits per heavy atom. The Morgan fingerprint density at radius 1 is 1.29 bits per heavy atom. The third-order valence-electron chi connectivity index (χ3n) is 3.75. The van der Waals surface area contributed by atoms with Gasteiger partial charge in [-0.15, -0.1) is 0 Å². The van der Waals surface area contributed by atoms with Gasteiger partial charge in [-0.2, -0.15) is 0 Å². The van der Waals surface area contributed by atoms with E-state index in [-0.39, 0.29) is 12.7 Å². The fourth-order valence-corrected chi connectivity index (χ4v) is 2.35. The molecule has 1 aromatic carbocycles. The molecule has 1 aliphatic carbocycles. The van der Waals surface area contributed by atoms with E-state index in [0.717, 1.165) is 17.9 Å². The molecular formula is C18H25NO2. The van der Waals surface area contributed by atoms with E-state index in [1.165, 1.54) is 5.56 Å². The van der Waals surface area contributed by atoms with Crippen molar-refractivity contribution < 1.29 is 9.84 Å². The normalized spacial score (nSPS) is 17.8. The van der Waals surface area contributed by atoms with Gasteiger partial charge in [0.25, 0.3) is 0 Å². The molecule has 0 bridgehead atoms. The zero-order valence-corrected chi connectivity index (χ0v) is 13.1. The van der Waals surface area contributed by atoms with Crippen molar-refractivity contribution in [2.75, 3.05) is 20.2 Å². The third kappa shape index (κ3) is 4.36. The zero-order chi connectivity index (χ0) is 15.2. The Labute approximate surface area is 127 Å². The van der Waals surface area contributed by atoms with Crippen LogP contribution in [0.2, 0.25) is 0 Å². The number of allylic oxidation sites excluding steroid dienone is 1. The molecule has 0 heterocycles. The Balaban J connectivity index is 1.90. The van der Waals surface area contributed by atoms with Gasteiger partial charge in [-0.05, 0) is 35.8 Å². The van der Waals surface area contributed by atoms with Crippen molar-refractivity contribution in [2.45, 2.75) is 32.3 Å². The summed E-state index contributed by atoms with van der Waals surface area (Å²) in [7, 11) is 1.98. The molecule has 1 N–H and O–H groups in total. The molecule has 3 heteroatoms. The van der Waals surface area contributed by atoms with Crippen LogP contribution >= 0.6 is 0 Å². The molecule has 0 aliphatic heterocycles. The lowest BCUT2D eigenvalue weighted by molar-refractivity contribution is 0.238. The van der Waals surface area contributed by atoms with Crippen molar-refractivity contribution in [1.82, 2.24) is 4.90 Å². The van der Waals surface area contributed by atoms with Crippen LogP contribution in [0.25, 0.3) is 0 Å². The summed E-state index contributed by atoms with van der Waals surface area (Å²) in [6.45, 7) is 5.20. The molecule has 1 unspecified atom stereocenters. The van der Waals surface area contributed by atoms with E-state index in [2.05, 4.69) is 44.2 Å². The predicted octanol–water partition coefficient (Wildman–Crippen LogP) is 3.33. The van der Waals surface area contributed by atoms with E-state index in [1.54, 1.807) is 0 Å². The Hall–Kier alpha value is -1.74. The maximum absolute atomic E-state index is 8.96. The molecule has 21 heavy (non-hydrogen) atoms. The first kappa shape index (κ1) is 15.6. The number of hydrogen-bond acceptors (Lipinski definition) is 3. The number of aliphatic hydroxyl groups excluding tert-OH is 1. The standard InChI is InChI=1S/C18H25NO2/c1-14(2)15-4-8-17(9-5-15)21-18-10-6-16(7-11-18)19(3)12-13-20/h4-10,14,18,20H,11-13H2,1-3H3. The highest BCUT2D eigenvalue weighted by atomic mass is 16.5. The number of ether oxygens (including phenoxy) is 1. The fourth-order valence-electron chi connectivity index (χ4n) is 2.35. The quantitative estimate of drug-likeness (QED) is 0.871. The molecule has 0 fully saturated rings. The molecule has 0 radical (unpaired) electrons. The lowest BCUT2D eigenvalue weighted by atomic mass is 10.0. The first-order valence-electron chi connectivity index (χ1n) is 7.57. The molecule has 1 atom stereocenters. The predicted molar refractivity (Wildman–Crippen MR) is 86.5 cm³/mol. The van der Waals surface area contributed by atoms with Crippen molar-refractivity contribution in [3.8, 4) is 5.75 Å². The summed E-state index contributed by atoms with van der Waals surface area (Å²) < 4.78 is 5.98. The zero-order valence-electron chi connectivity index (χ0n) is 13.1. The number of likely N-dealkylation sites (N-methyl/N-ethyl adjacent to an activating group) is 1. The highest BCUT2D eigenvalue weighted by molar-refractivity contribution is 5.30. The molecule has 0 spiro atoms. The van der Waals surface area contributed by atoms with Gasteiger partial charge in [0.2, 0.25) is 0 Å². The molecule has 1 aliphatic rings. The number of hydrogen-bond donors (Lipinski definition) is 1. The number of aliphatic hydroxyl groups is 1. The van der Waals surface area contributed by atoms with Gasteiger partial charge >= 0.3 is 0 Å². The van der Waals surface area contributed by atoms with Crippen molar-refractivity contribution >= 4 is 0 Å². The summed E-state index contributed by atoms with van der Waals surface area (Å²) in [5.74, 6) is 1.45. The summed E-state index contributed by atoms with van der Waals surface area (Å²) >= 11 is 0. The van der Waals surface area contributed by atoms with Gasteiger partial charge in [-0.1, -0.05) is 32.1 Å². The summed E-state index contributed by atoms with van der Waals surface area (Å²) in [6, 6.07) is 8.34. The van der Waals surface area contributed by atoms with Crippen LogP contribution in [-0.4, -0.2) is 36.3 Å². The van der Waals surface area contributed by atoms with Crippen LogP contribution in [0.1, 0.15) is 31.7 Å². The second-order valence-corrected chi connectivity index (χ2v) is 5.75. The number of rotatable bonds is 6. The van der Waals surface area contributed by atoms with Gasteiger partial charge < -0.3 is 14.7 Å². The minimum absolute atomic E-state index is 0.0844. The van der Waals surface area contributed by atoms with Crippen LogP contribution in [0, 0.1) is 0 Å². The fraction of sp³-hybridized carbons (Fsp3) is 0.444. The molecule has 0 amide bonds. The smallest absolute Gasteiger partial charge is 0.121 e. The molecular weight excluding hydrogens is 262 g/mol. The van der Waals surface area contributed by atoms with E-state index in [4.69, 9.17) is 9.84 Å². The Bertz CT molecular complexity index is 502. The minimum atomic E-state index is 0.0844. The molecule has 0 saturated heterocycles. The van der Waals surface area contributed by atoms with Crippen LogP contribution in [0.4, 0.5) is 0 Å². The first-order valence-corrected chi connectivity index (χ1v) is 7.57. The van der Waals surface area contributed by atoms with Gasteiger partial charge in [0, 0.05) is 25.7 Å². The van der Waals surface area contributed by atoms with Gasteiger partial charge in [-0.3, -0.25) is 0 Å². The highest BCUT2D eigenvalue weighted by Crippen LogP contribution is 2.22. The maximum Gasteiger partial charge on any atom is 0.121 e. The van der Waals surface area contributed by atoms with Gasteiger partial charge in [0.15, 0.2) is 0 Å². The van der Waals surface area contributed by atoms with Crippen molar-refractivity contribution in [1.29, 1.82) is 0 Å². The SMILES string of the molecule is CC(C)c1ccc(OC2C=CC(N(C)CCO)=CC2)cc1. The molecule has 0 saturated carbocycles. The van der Waals surface area contributed by atoms with Crippen LogP contribution < -0.4 is 4.74 Å². The van der Waals surface area contributed by atoms with E-state index in [0.29, 0.717) is 12.5 Å². The summed E-state index contributed by atoms with van der Waals surface area (Å²) in [6.07, 6.45) is 7.24. The third-order valence-corrected chi connectivity index (χ3v) is 3.75. The van der Waals surface area contributed by atoms with Gasteiger partial charge in [0.1, 0.15) is 11.9 Å². The topological polar surface area (TPSA) is 32.7 Å². The van der Waals surface area contributed by atoms with Gasteiger partial charge in [0.05, 0.1) is 6.61 Å². The number of nitrogens with zero attached hydrogens (tertiary/aromatic N) is 1. The highest BCUT2D eigenvalue weighted by Gasteiger charge is 2.12. The molecule has 2 rings (SSSR count). The lowest BCUT2D eigenvalue weighted by Gasteiger charge is -2.24. The molecule has 1 aromatic rings. The summed E-state index contributed by atoms with van der Waals surface area (Å²) in [4.78, 5) is 2.05. The monoisotopic (exact) mass is 287 g/mol. The lowest BCUT2D eigenvalue weighted by Crippen LogP contribution is -2.24. The van der Waals surface area contributed by atoms with Crippen LogP contribution in [0.3, 0.4) is 0 Å². The van der Waals surface area contributed by atoms with E-state index < -0.39 is 0 Å². The second kappa shape index (κ2) is 7.32. The largest absolute Gasteiger partial charge is 0.486 e. The summed E-state index contributed by atoms with van der Waals surface area (Å²) in [5, 5.41) is 8.96. The van der Waals surface area contributed by atoms with Crippen LogP contribution in [-0.2, 0) is 0 Å². The maximum atomic E-state index is 8.96. The van der Waals surface area contributed by atoms with E-state index >= 15 is 0 Å². The van der Waals surface area contributed by atoms with Crippen LogP contribution in [0.15, 0.2) is 48.2 Å².